The minimum absolute atomic E-state index is 0.252. The second-order valence-electron chi connectivity index (χ2n) is 3.38. The quantitative estimate of drug-likeness (QED) is 0.882. The minimum atomic E-state index is 0.252. The lowest BCUT2D eigenvalue weighted by atomic mass is 10.2. The zero-order chi connectivity index (χ0) is 10.7. The van der Waals surface area contributed by atoms with Gasteiger partial charge < -0.3 is 11.1 Å². The van der Waals surface area contributed by atoms with Crippen molar-refractivity contribution in [2.75, 3.05) is 6.54 Å². The van der Waals surface area contributed by atoms with E-state index >= 15 is 0 Å². The van der Waals surface area contributed by atoms with Crippen molar-refractivity contribution in [3.63, 3.8) is 0 Å². The van der Waals surface area contributed by atoms with Crippen LogP contribution in [0.15, 0.2) is 14.3 Å². The molecule has 1 heterocycles. The number of hydrogen-bond donors (Lipinski definition) is 2. The summed E-state index contributed by atoms with van der Waals surface area (Å²) < 4.78 is 2.22. The molecule has 0 saturated heterocycles. The number of hydrogen-bond acceptors (Lipinski definition) is 3. The van der Waals surface area contributed by atoms with Gasteiger partial charge in [0, 0.05) is 21.9 Å². The van der Waals surface area contributed by atoms with E-state index in [4.69, 9.17) is 5.73 Å². The zero-order valence-corrected chi connectivity index (χ0v) is 12.2. The lowest BCUT2D eigenvalue weighted by Gasteiger charge is -2.17. The standard InChI is InChI=1S/C9H14Br2N2S/c1-5(2)13-7(4-12)8-3-6(10)9(11)14-8/h3,5,7,13H,4,12H2,1-2H3. The highest BCUT2D eigenvalue weighted by atomic mass is 79.9. The average Bonchev–Trinajstić information content (AvgIpc) is 2.42. The Bertz CT molecular complexity index is 280. The maximum Gasteiger partial charge on any atom is 0.0843 e. The average molecular weight is 342 g/mol. The summed E-state index contributed by atoms with van der Waals surface area (Å²) in [5.74, 6) is 0. The molecule has 5 heteroatoms. The van der Waals surface area contributed by atoms with E-state index in [1.807, 2.05) is 0 Å². The highest BCUT2D eigenvalue weighted by Crippen LogP contribution is 2.35. The van der Waals surface area contributed by atoms with Crippen LogP contribution in [0.25, 0.3) is 0 Å². The van der Waals surface area contributed by atoms with Crippen LogP contribution in [0.5, 0.6) is 0 Å². The zero-order valence-electron chi connectivity index (χ0n) is 8.18. The van der Waals surface area contributed by atoms with Gasteiger partial charge in [0.05, 0.1) is 9.83 Å². The van der Waals surface area contributed by atoms with E-state index in [2.05, 4.69) is 57.1 Å². The van der Waals surface area contributed by atoms with Gasteiger partial charge in [0.2, 0.25) is 0 Å². The molecule has 1 aromatic rings. The molecular formula is C9H14Br2N2S. The maximum absolute atomic E-state index is 5.73. The van der Waals surface area contributed by atoms with Crippen LogP contribution < -0.4 is 11.1 Å². The third-order valence-electron chi connectivity index (χ3n) is 1.78. The maximum atomic E-state index is 5.73. The molecule has 14 heavy (non-hydrogen) atoms. The highest BCUT2D eigenvalue weighted by molar-refractivity contribution is 9.13. The van der Waals surface area contributed by atoms with Gasteiger partial charge in [-0.25, -0.2) is 0 Å². The van der Waals surface area contributed by atoms with Crippen molar-refractivity contribution < 1.29 is 0 Å². The Morgan fingerprint density at radius 1 is 1.50 bits per heavy atom. The Morgan fingerprint density at radius 3 is 2.50 bits per heavy atom. The highest BCUT2D eigenvalue weighted by Gasteiger charge is 2.14. The Kier molecular flexibility index (Phi) is 5.06. The third kappa shape index (κ3) is 3.31. The van der Waals surface area contributed by atoms with Crippen LogP contribution in [0.1, 0.15) is 24.8 Å². The molecule has 0 bridgehead atoms. The summed E-state index contributed by atoms with van der Waals surface area (Å²) in [7, 11) is 0. The molecule has 0 aliphatic carbocycles. The first-order chi connectivity index (χ1) is 6.54. The van der Waals surface area contributed by atoms with Crippen LogP contribution in [-0.2, 0) is 0 Å². The lowest BCUT2D eigenvalue weighted by molar-refractivity contribution is 0.489. The first kappa shape index (κ1) is 12.6. The number of halogens is 2. The van der Waals surface area contributed by atoms with Crippen molar-refractivity contribution >= 4 is 43.2 Å². The first-order valence-corrected chi connectivity index (χ1v) is 6.85. The summed E-state index contributed by atoms with van der Waals surface area (Å²) in [5, 5.41) is 3.43. The van der Waals surface area contributed by atoms with Gasteiger partial charge in [-0.2, -0.15) is 0 Å². The number of nitrogens with two attached hydrogens (primary N) is 1. The fourth-order valence-electron chi connectivity index (χ4n) is 1.20. The Labute approximate surface area is 106 Å². The fourth-order valence-corrected chi connectivity index (χ4v) is 3.37. The Balaban J connectivity index is 2.78. The molecule has 0 aliphatic heterocycles. The van der Waals surface area contributed by atoms with Crippen LogP contribution >= 0.6 is 43.2 Å². The molecule has 0 aromatic carbocycles. The molecule has 0 aliphatic rings. The SMILES string of the molecule is CC(C)NC(CN)c1cc(Br)c(Br)s1. The van der Waals surface area contributed by atoms with E-state index in [0.717, 1.165) is 8.26 Å². The van der Waals surface area contributed by atoms with Gasteiger partial charge in [-0.3, -0.25) is 0 Å². The smallest absolute Gasteiger partial charge is 0.0843 e. The molecule has 0 amide bonds. The summed E-state index contributed by atoms with van der Waals surface area (Å²) in [5.41, 5.74) is 5.73. The van der Waals surface area contributed by atoms with Crippen molar-refractivity contribution in [3.8, 4) is 0 Å². The summed E-state index contributed by atoms with van der Waals surface area (Å²) >= 11 is 8.67. The van der Waals surface area contributed by atoms with E-state index in [9.17, 15) is 0 Å². The van der Waals surface area contributed by atoms with E-state index in [1.54, 1.807) is 11.3 Å². The van der Waals surface area contributed by atoms with Gasteiger partial charge in [-0.1, -0.05) is 13.8 Å². The van der Waals surface area contributed by atoms with Crippen LogP contribution in [0.2, 0.25) is 0 Å². The molecular weight excluding hydrogens is 328 g/mol. The van der Waals surface area contributed by atoms with Crippen LogP contribution in [0.3, 0.4) is 0 Å². The molecule has 1 rings (SSSR count). The Morgan fingerprint density at radius 2 is 2.14 bits per heavy atom. The van der Waals surface area contributed by atoms with Crippen molar-refractivity contribution in [3.05, 3.63) is 19.2 Å². The summed E-state index contributed by atoms with van der Waals surface area (Å²) in [4.78, 5) is 1.26. The molecule has 1 unspecified atom stereocenters. The molecule has 0 saturated carbocycles. The molecule has 80 valence electrons. The monoisotopic (exact) mass is 340 g/mol. The fraction of sp³-hybridized carbons (Fsp3) is 0.556. The topological polar surface area (TPSA) is 38.0 Å². The normalized spacial score (nSPS) is 13.6. The molecule has 2 nitrogen and oxygen atoms in total. The van der Waals surface area contributed by atoms with Gasteiger partial charge in [-0.05, 0) is 37.9 Å². The molecule has 3 N–H and O–H groups in total. The van der Waals surface area contributed by atoms with Gasteiger partial charge in [0.25, 0.3) is 0 Å². The number of thiophene rings is 1. The molecule has 0 radical (unpaired) electrons. The van der Waals surface area contributed by atoms with Crippen LogP contribution in [0, 0.1) is 0 Å². The lowest BCUT2D eigenvalue weighted by Crippen LogP contribution is -2.32. The van der Waals surface area contributed by atoms with E-state index in [1.165, 1.54) is 4.88 Å². The third-order valence-corrected chi connectivity index (χ3v) is 5.15. The summed E-state index contributed by atoms with van der Waals surface area (Å²) in [6.45, 7) is 4.87. The van der Waals surface area contributed by atoms with Gasteiger partial charge in [0.15, 0.2) is 0 Å². The second-order valence-corrected chi connectivity index (χ2v) is 6.64. The van der Waals surface area contributed by atoms with Gasteiger partial charge in [0.1, 0.15) is 0 Å². The first-order valence-electron chi connectivity index (χ1n) is 4.45. The van der Waals surface area contributed by atoms with Crippen molar-refractivity contribution in [2.24, 2.45) is 5.73 Å². The van der Waals surface area contributed by atoms with Gasteiger partial charge in [-0.15, -0.1) is 11.3 Å². The molecule has 0 fully saturated rings. The van der Waals surface area contributed by atoms with Gasteiger partial charge >= 0.3 is 0 Å². The van der Waals surface area contributed by atoms with Crippen molar-refractivity contribution in [1.82, 2.24) is 5.32 Å². The van der Waals surface area contributed by atoms with E-state index < -0.39 is 0 Å². The minimum Gasteiger partial charge on any atom is -0.329 e. The number of nitrogens with one attached hydrogen (secondary N) is 1. The summed E-state index contributed by atoms with van der Waals surface area (Å²) in [6.07, 6.45) is 0. The molecule has 1 atom stereocenters. The van der Waals surface area contributed by atoms with E-state index in [0.29, 0.717) is 12.6 Å². The van der Waals surface area contributed by atoms with E-state index in [-0.39, 0.29) is 6.04 Å². The predicted molar refractivity (Wildman–Crippen MR) is 69.8 cm³/mol. The van der Waals surface area contributed by atoms with Crippen molar-refractivity contribution in [2.45, 2.75) is 25.9 Å². The Hall–Kier alpha value is 0.580. The van der Waals surface area contributed by atoms with Crippen molar-refractivity contribution in [1.29, 1.82) is 0 Å². The second kappa shape index (κ2) is 5.61. The number of rotatable bonds is 4. The summed E-state index contributed by atoms with van der Waals surface area (Å²) in [6, 6.07) is 2.81. The molecule has 1 aromatic heterocycles. The molecule has 0 spiro atoms. The predicted octanol–water partition coefficient (Wildman–Crippen LogP) is 3.27. The van der Waals surface area contributed by atoms with Crippen LogP contribution in [0.4, 0.5) is 0 Å². The van der Waals surface area contributed by atoms with Crippen LogP contribution in [-0.4, -0.2) is 12.6 Å². The largest absolute Gasteiger partial charge is 0.329 e.